The third-order valence-corrected chi connectivity index (χ3v) is 8.30. The Kier molecular flexibility index (Phi) is 13.2. The molecule has 0 radical (unpaired) electrons. The number of hydrogen-bond donors (Lipinski definition) is 0. The summed E-state index contributed by atoms with van der Waals surface area (Å²) >= 11 is 4.77. The van der Waals surface area contributed by atoms with Crippen molar-refractivity contribution in [2.75, 3.05) is 19.8 Å². The van der Waals surface area contributed by atoms with Crippen molar-refractivity contribution in [1.82, 2.24) is 0 Å². The van der Waals surface area contributed by atoms with Crippen molar-refractivity contribution in [3.8, 4) is 0 Å². The first kappa shape index (κ1) is 23.8. The minimum Gasteiger partial charge on any atom is -0.373 e. The summed E-state index contributed by atoms with van der Waals surface area (Å²) in [6, 6.07) is 7.32. The Morgan fingerprint density at radius 2 is 1.28 bits per heavy atom. The van der Waals surface area contributed by atoms with E-state index in [-0.39, 0.29) is 0 Å². The van der Waals surface area contributed by atoms with Gasteiger partial charge in [-0.25, -0.2) is 0 Å². The van der Waals surface area contributed by atoms with Crippen molar-refractivity contribution in [3.63, 3.8) is 0 Å². The molecule has 0 aliphatic rings. The van der Waals surface area contributed by atoms with E-state index < -0.39 is 8.80 Å². The van der Waals surface area contributed by atoms with Crippen LogP contribution in [0.15, 0.2) is 18.2 Å². The summed E-state index contributed by atoms with van der Waals surface area (Å²) in [4.78, 5) is 0. The van der Waals surface area contributed by atoms with Crippen LogP contribution in [0.25, 0.3) is 0 Å². The van der Waals surface area contributed by atoms with Crippen molar-refractivity contribution >= 4 is 54.0 Å². The van der Waals surface area contributed by atoms with Crippen LogP contribution in [0.2, 0.25) is 0 Å². The fourth-order valence-electron chi connectivity index (χ4n) is 2.29. The van der Waals surface area contributed by atoms with Gasteiger partial charge in [-0.2, -0.15) is 0 Å². The topological polar surface area (TPSA) is 27.7 Å². The molecule has 25 heavy (non-hydrogen) atoms. The van der Waals surface area contributed by atoms with E-state index in [4.69, 9.17) is 13.3 Å². The molecule has 1 rings (SSSR count). The number of benzene rings is 1. The van der Waals surface area contributed by atoms with Gasteiger partial charge in [-0.1, -0.05) is 46.1 Å². The summed E-state index contributed by atoms with van der Waals surface area (Å²) in [5.41, 5.74) is 1.28. The van der Waals surface area contributed by atoms with Crippen molar-refractivity contribution in [1.29, 1.82) is 0 Å². The van der Waals surface area contributed by atoms with Crippen LogP contribution in [0, 0.1) is 7.14 Å². The molecule has 1 aromatic rings. The van der Waals surface area contributed by atoms with E-state index in [0.29, 0.717) is 0 Å². The predicted molar refractivity (Wildman–Crippen MR) is 124 cm³/mol. The molecule has 6 heteroatoms. The van der Waals surface area contributed by atoms with Crippen LogP contribution in [-0.2, 0) is 19.3 Å². The highest BCUT2D eigenvalue weighted by atomic mass is 127. The molecular formula is C19H32I2O3Si. The van der Waals surface area contributed by atoms with Crippen LogP contribution in [-0.4, -0.2) is 28.6 Å². The molecule has 0 amide bonds. The predicted octanol–water partition coefficient (Wildman–Crippen LogP) is 6.37. The van der Waals surface area contributed by atoms with Gasteiger partial charge in [0.2, 0.25) is 0 Å². The first-order valence-corrected chi connectivity index (χ1v) is 13.5. The lowest BCUT2D eigenvalue weighted by atomic mass is 10.2. The maximum atomic E-state index is 6.34. The molecule has 0 unspecified atom stereocenters. The molecular weight excluding hydrogens is 558 g/mol. The Labute approximate surface area is 182 Å². The van der Waals surface area contributed by atoms with Gasteiger partial charge in [-0.05, 0) is 82.1 Å². The molecule has 0 N–H and O–H groups in total. The number of hydrogen-bond acceptors (Lipinski definition) is 3. The molecule has 0 aliphatic heterocycles. The van der Waals surface area contributed by atoms with Crippen LogP contribution < -0.4 is 0 Å². The first-order chi connectivity index (χ1) is 12.1. The number of unbranched alkanes of at least 4 members (excludes halogenated alkanes) is 3. The minimum atomic E-state index is -2.70. The Morgan fingerprint density at radius 1 is 0.800 bits per heavy atom. The van der Waals surface area contributed by atoms with E-state index in [1.54, 1.807) is 0 Å². The average Bonchev–Trinajstić information content (AvgIpc) is 2.58. The van der Waals surface area contributed by atoms with Gasteiger partial charge >= 0.3 is 8.80 Å². The van der Waals surface area contributed by atoms with E-state index in [1.165, 1.54) is 12.7 Å². The fraction of sp³-hybridized carbons (Fsp3) is 0.684. The molecule has 0 saturated heterocycles. The van der Waals surface area contributed by atoms with Crippen LogP contribution >= 0.6 is 45.2 Å². The number of halogens is 2. The molecule has 144 valence electrons. The number of rotatable bonds is 14. The summed E-state index contributed by atoms with van der Waals surface area (Å²) in [5, 5.41) is 0. The summed E-state index contributed by atoms with van der Waals surface area (Å²) in [5.74, 6) is 0. The zero-order valence-electron chi connectivity index (χ0n) is 15.8. The highest BCUT2D eigenvalue weighted by molar-refractivity contribution is 14.1. The monoisotopic (exact) mass is 590 g/mol. The molecule has 0 bridgehead atoms. The average molecular weight is 590 g/mol. The van der Waals surface area contributed by atoms with E-state index in [2.05, 4.69) is 84.2 Å². The summed E-state index contributed by atoms with van der Waals surface area (Å²) in [7, 11) is -2.70. The van der Waals surface area contributed by atoms with E-state index in [1.807, 2.05) is 0 Å². The second-order valence-corrected chi connectivity index (χ2v) is 11.2. The quantitative estimate of drug-likeness (QED) is 0.143. The van der Waals surface area contributed by atoms with Crippen LogP contribution in [0.1, 0.15) is 64.9 Å². The van der Waals surface area contributed by atoms with Crippen molar-refractivity contribution in [2.24, 2.45) is 0 Å². The normalized spacial score (nSPS) is 11.9. The molecule has 0 saturated carbocycles. The highest BCUT2D eigenvalue weighted by Crippen LogP contribution is 2.24. The van der Waals surface area contributed by atoms with Crippen molar-refractivity contribution in [3.05, 3.63) is 30.9 Å². The Hall–Kier alpha value is 0.777. The second-order valence-electron chi connectivity index (χ2n) is 6.20. The zero-order chi connectivity index (χ0) is 18.5. The van der Waals surface area contributed by atoms with E-state index in [9.17, 15) is 0 Å². The maximum Gasteiger partial charge on any atom is 0.505 e. The van der Waals surface area contributed by atoms with Gasteiger partial charge in [0.1, 0.15) is 0 Å². The SMILES string of the molecule is CCCCO[Si](Cc1ccc(I)cc1I)(OCCCC)OCCCC. The fourth-order valence-corrected chi connectivity index (χ4v) is 7.14. The summed E-state index contributed by atoms with van der Waals surface area (Å²) in [6.07, 6.45) is 6.51. The molecule has 1 aromatic carbocycles. The lowest BCUT2D eigenvalue weighted by molar-refractivity contribution is 0.0553. The summed E-state index contributed by atoms with van der Waals surface area (Å²) < 4.78 is 21.5. The first-order valence-electron chi connectivity index (χ1n) is 9.42. The lowest BCUT2D eigenvalue weighted by Gasteiger charge is -2.30. The van der Waals surface area contributed by atoms with Crippen LogP contribution in [0.4, 0.5) is 0 Å². The maximum absolute atomic E-state index is 6.34. The van der Waals surface area contributed by atoms with E-state index in [0.717, 1.165) is 64.4 Å². The molecule has 0 fully saturated rings. The summed E-state index contributed by atoms with van der Waals surface area (Å²) in [6.45, 7) is 8.73. The van der Waals surface area contributed by atoms with Gasteiger partial charge in [0.15, 0.2) is 0 Å². The largest absolute Gasteiger partial charge is 0.505 e. The van der Waals surface area contributed by atoms with Gasteiger partial charge in [-0.15, -0.1) is 0 Å². The van der Waals surface area contributed by atoms with Crippen molar-refractivity contribution < 1.29 is 13.3 Å². The lowest BCUT2D eigenvalue weighted by Crippen LogP contribution is -2.49. The third-order valence-electron chi connectivity index (χ3n) is 3.88. The van der Waals surface area contributed by atoms with Crippen molar-refractivity contribution in [2.45, 2.75) is 65.3 Å². The Morgan fingerprint density at radius 3 is 1.68 bits per heavy atom. The molecule has 0 atom stereocenters. The van der Waals surface area contributed by atoms with Crippen LogP contribution in [0.5, 0.6) is 0 Å². The van der Waals surface area contributed by atoms with Gasteiger partial charge in [0, 0.05) is 33.0 Å². The molecule has 0 aliphatic carbocycles. The minimum absolute atomic E-state index is 0.724. The highest BCUT2D eigenvalue weighted by Gasteiger charge is 2.42. The van der Waals surface area contributed by atoms with Gasteiger partial charge in [0.25, 0.3) is 0 Å². The van der Waals surface area contributed by atoms with Crippen LogP contribution in [0.3, 0.4) is 0 Å². The van der Waals surface area contributed by atoms with E-state index >= 15 is 0 Å². The smallest absolute Gasteiger partial charge is 0.373 e. The Balaban J connectivity index is 2.95. The molecule has 0 heterocycles. The molecule has 0 spiro atoms. The van der Waals surface area contributed by atoms with Gasteiger partial charge in [-0.3, -0.25) is 0 Å². The second kappa shape index (κ2) is 13.9. The standard InChI is InChI=1S/C19H32I2O3Si/c1-4-7-12-22-25(23-13-8-5-2,24-14-9-6-3)16-17-10-11-18(20)15-19(17)21/h10-11,15H,4-9,12-14,16H2,1-3H3. The third kappa shape index (κ3) is 9.50. The molecule has 3 nitrogen and oxygen atoms in total. The zero-order valence-corrected chi connectivity index (χ0v) is 21.1. The molecule has 0 aromatic heterocycles. The Bertz CT molecular complexity index is 459. The van der Waals surface area contributed by atoms with Gasteiger partial charge in [0.05, 0.1) is 0 Å². The van der Waals surface area contributed by atoms with Gasteiger partial charge < -0.3 is 13.3 Å².